The van der Waals surface area contributed by atoms with Crippen LogP contribution in [-0.4, -0.2) is 21.3 Å². The van der Waals surface area contributed by atoms with Crippen molar-refractivity contribution < 1.29 is 4.39 Å². The monoisotopic (exact) mass is 248 g/mol. The normalized spacial score (nSPS) is 12.6. The lowest BCUT2D eigenvalue weighted by molar-refractivity contribution is 0.527. The molecule has 2 aromatic rings. The van der Waals surface area contributed by atoms with Crippen molar-refractivity contribution in [1.29, 1.82) is 0 Å². The number of rotatable bonds is 5. The number of halogens is 1. The minimum absolute atomic E-state index is 0.0186. The Morgan fingerprint density at radius 1 is 1.39 bits per heavy atom. The summed E-state index contributed by atoms with van der Waals surface area (Å²) in [6.45, 7) is 2.67. The highest BCUT2D eigenvalue weighted by Crippen LogP contribution is 2.15. The van der Waals surface area contributed by atoms with E-state index in [0.29, 0.717) is 5.56 Å². The van der Waals surface area contributed by atoms with Crippen LogP contribution in [0, 0.1) is 5.82 Å². The molecule has 0 radical (unpaired) electrons. The third kappa shape index (κ3) is 3.13. The fourth-order valence-electron chi connectivity index (χ4n) is 1.84. The van der Waals surface area contributed by atoms with E-state index in [4.69, 9.17) is 0 Å². The van der Waals surface area contributed by atoms with Gasteiger partial charge in [0.2, 0.25) is 0 Å². The maximum absolute atomic E-state index is 13.5. The third-order valence-electron chi connectivity index (χ3n) is 2.82. The Bertz CT molecular complexity index is 509. The molecule has 0 bridgehead atoms. The molecule has 1 aromatic carbocycles. The maximum Gasteiger partial charge on any atom is 0.151 e. The number of hydrogen-bond donors (Lipinski definition) is 1. The van der Waals surface area contributed by atoms with Crippen molar-refractivity contribution in [2.45, 2.75) is 19.4 Å². The quantitative estimate of drug-likeness (QED) is 0.878. The van der Waals surface area contributed by atoms with Gasteiger partial charge >= 0.3 is 0 Å². The predicted molar refractivity (Wildman–Crippen MR) is 67.5 cm³/mol. The largest absolute Gasteiger partial charge is 0.310 e. The fourth-order valence-corrected chi connectivity index (χ4v) is 1.84. The molecule has 0 saturated heterocycles. The number of nitrogens with one attached hydrogen (secondary N) is 1. The molecule has 0 saturated carbocycles. The highest BCUT2D eigenvalue weighted by Gasteiger charge is 2.09. The maximum atomic E-state index is 13.5. The second kappa shape index (κ2) is 5.73. The van der Waals surface area contributed by atoms with Gasteiger partial charge < -0.3 is 5.32 Å². The summed E-state index contributed by atoms with van der Waals surface area (Å²) in [7, 11) is 1.84. The molecule has 0 aliphatic rings. The second-order valence-electron chi connectivity index (χ2n) is 4.28. The van der Waals surface area contributed by atoms with Crippen LogP contribution in [0.2, 0.25) is 0 Å². The van der Waals surface area contributed by atoms with Gasteiger partial charge in [0.25, 0.3) is 0 Å². The summed E-state index contributed by atoms with van der Waals surface area (Å²) < 4.78 is 15.2. The van der Waals surface area contributed by atoms with Crippen LogP contribution in [0.1, 0.15) is 24.4 Å². The van der Waals surface area contributed by atoms with Gasteiger partial charge in [-0.1, -0.05) is 18.2 Å². The van der Waals surface area contributed by atoms with Crippen LogP contribution in [0.5, 0.6) is 0 Å². The summed E-state index contributed by atoms with van der Waals surface area (Å²) in [4.78, 5) is 4.14. The second-order valence-corrected chi connectivity index (χ2v) is 4.28. The molecule has 1 atom stereocenters. The van der Waals surface area contributed by atoms with Crippen molar-refractivity contribution in [2.24, 2.45) is 7.05 Å². The van der Waals surface area contributed by atoms with Gasteiger partial charge in [0, 0.05) is 31.6 Å². The van der Waals surface area contributed by atoms with Crippen LogP contribution >= 0.6 is 0 Å². The minimum Gasteiger partial charge on any atom is -0.310 e. The molecule has 4 nitrogen and oxygen atoms in total. The van der Waals surface area contributed by atoms with Gasteiger partial charge in [-0.3, -0.25) is 4.68 Å². The van der Waals surface area contributed by atoms with Crippen molar-refractivity contribution >= 4 is 0 Å². The van der Waals surface area contributed by atoms with E-state index >= 15 is 0 Å². The van der Waals surface area contributed by atoms with Crippen molar-refractivity contribution in [1.82, 2.24) is 20.1 Å². The van der Waals surface area contributed by atoms with Gasteiger partial charge in [0.1, 0.15) is 12.1 Å². The van der Waals surface area contributed by atoms with E-state index in [1.165, 1.54) is 6.07 Å². The molecule has 0 fully saturated rings. The number of aromatic nitrogens is 3. The molecule has 18 heavy (non-hydrogen) atoms. The van der Waals surface area contributed by atoms with E-state index in [-0.39, 0.29) is 11.9 Å². The Labute approximate surface area is 106 Å². The van der Waals surface area contributed by atoms with Crippen LogP contribution in [0.4, 0.5) is 4.39 Å². The highest BCUT2D eigenvalue weighted by molar-refractivity contribution is 5.20. The number of nitrogens with zero attached hydrogens (tertiary/aromatic N) is 3. The summed E-state index contributed by atoms with van der Waals surface area (Å²) in [6, 6.07) is 6.80. The molecule has 0 aliphatic carbocycles. The molecule has 1 heterocycles. The van der Waals surface area contributed by atoms with E-state index in [9.17, 15) is 4.39 Å². The first-order valence-electron chi connectivity index (χ1n) is 5.99. The van der Waals surface area contributed by atoms with Crippen LogP contribution in [0.3, 0.4) is 0 Å². The van der Waals surface area contributed by atoms with Crippen LogP contribution in [0.15, 0.2) is 30.6 Å². The Balaban J connectivity index is 1.85. The zero-order valence-corrected chi connectivity index (χ0v) is 10.6. The lowest BCUT2D eigenvalue weighted by atomic mass is 10.1. The molecular formula is C13H17FN4. The average molecular weight is 248 g/mol. The summed E-state index contributed by atoms with van der Waals surface area (Å²) in [5.74, 6) is 0.624. The molecule has 5 heteroatoms. The van der Waals surface area contributed by atoms with Crippen molar-refractivity contribution in [3.05, 3.63) is 47.8 Å². The average Bonchev–Trinajstić information content (AvgIpc) is 2.75. The topological polar surface area (TPSA) is 42.7 Å². The van der Waals surface area contributed by atoms with Gasteiger partial charge in [-0.25, -0.2) is 9.37 Å². The van der Waals surface area contributed by atoms with Crippen molar-refractivity contribution in [3.8, 4) is 0 Å². The first-order chi connectivity index (χ1) is 8.66. The lowest BCUT2D eigenvalue weighted by Gasteiger charge is -2.14. The zero-order valence-electron chi connectivity index (χ0n) is 10.6. The molecular weight excluding hydrogens is 231 g/mol. The molecule has 0 spiro atoms. The summed E-state index contributed by atoms with van der Waals surface area (Å²) in [5.41, 5.74) is 0.687. The van der Waals surface area contributed by atoms with E-state index in [1.54, 1.807) is 23.1 Å². The fraction of sp³-hybridized carbons (Fsp3) is 0.385. The Hall–Kier alpha value is -1.75. The first kappa shape index (κ1) is 12.7. The SMILES string of the molecule is CC(NCCc1ncn(C)n1)c1ccccc1F. The Morgan fingerprint density at radius 2 is 2.17 bits per heavy atom. The lowest BCUT2D eigenvalue weighted by Crippen LogP contribution is -2.22. The van der Waals surface area contributed by atoms with Crippen LogP contribution in [0.25, 0.3) is 0 Å². The Morgan fingerprint density at radius 3 is 2.83 bits per heavy atom. The predicted octanol–water partition coefficient (Wildman–Crippen LogP) is 1.85. The van der Waals surface area contributed by atoms with Gasteiger partial charge in [-0.15, -0.1) is 0 Å². The molecule has 1 unspecified atom stereocenters. The van der Waals surface area contributed by atoms with E-state index in [1.807, 2.05) is 20.0 Å². The van der Waals surface area contributed by atoms with Crippen molar-refractivity contribution in [2.75, 3.05) is 6.54 Å². The molecule has 0 amide bonds. The van der Waals surface area contributed by atoms with Crippen LogP contribution < -0.4 is 5.32 Å². The van der Waals surface area contributed by atoms with E-state index in [0.717, 1.165) is 18.8 Å². The van der Waals surface area contributed by atoms with Crippen molar-refractivity contribution in [3.63, 3.8) is 0 Å². The smallest absolute Gasteiger partial charge is 0.151 e. The molecule has 1 aromatic heterocycles. The number of hydrogen-bond acceptors (Lipinski definition) is 3. The summed E-state index contributed by atoms with van der Waals surface area (Å²) >= 11 is 0. The summed E-state index contributed by atoms with van der Waals surface area (Å²) in [6.07, 6.45) is 2.41. The van der Waals surface area contributed by atoms with Gasteiger partial charge in [0.15, 0.2) is 5.82 Å². The van der Waals surface area contributed by atoms with Gasteiger partial charge in [0.05, 0.1) is 0 Å². The standard InChI is InChI=1S/C13H17FN4/c1-10(11-5-3-4-6-12(11)14)15-8-7-13-16-9-18(2)17-13/h3-6,9-10,15H,7-8H2,1-2H3. The third-order valence-corrected chi connectivity index (χ3v) is 2.82. The Kier molecular flexibility index (Phi) is 4.04. The van der Waals surface area contributed by atoms with E-state index < -0.39 is 0 Å². The molecule has 2 rings (SSSR count). The van der Waals surface area contributed by atoms with Gasteiger partial charge in [-0.05, 0) is 13.0 Å². The molecule has 1 N–H and O–H groups in total. The van der Waals surface area contributed by atoms with Crippen LogP contribution in [-0.2, 0) is 13.5 Å². The number of aryl methyl sites for hydroxylation is 1. The van der Waals surface area contributed by atoms with E-state index in [2.05, 4.69) is 15.4 Å². The first-order valence-corrected chi connectivity index (χ1v) is 5.99. The number of benzene rings is 1. The molecule has 96 valence electrons. The van der Waals surface area contributed by atoms with Gasteiger partial charge in [-0.2, -0.15) is 5.10 Å². The highest BCUT2D eigenvalue weighted by atomic mass is 19.1. The minimum atomic E-state index is -0.173. The summed E-state index contributed by atoms with van der Waals surface area (Å²) in [5, 5.41) is 7.46. The zero-order chi connectivity index (χ0) is 13.0. The molecule has 0 aliphatic heterocycles.